The van der Waals surface area contributed by atoms with E-state index in [0.29, 0.717) is 5.75 Å². The first-order valence-electron chi connectivity index (χ1n) is 6.83. The van der Waals surface area contributed by atoms with Crippen molar-refractivity contribution in [3.05, 3.63) is 58.8 Å². The molecule has 124 valence electrons. The maximum absolute atomic E-state index is 12.0. The van der Waals surface area contributed by atoms with Crippen molar-refractivity contribution in [1.82, 2.24) is 0 Å². The number of hydrogen-bond acceptors (Lipinski definition) is 6. The van der Waals surface area contributed by atoms with Crippen molar-refractivity contribution < 1.29 is 22.7 Å². The number of para-hydroxylation sites is 1. The summed E-state index contributed by atoms with van der Waals surface area (Å²) in [6.07, 6.45) is 0.988. The van der Waals surface area contributed by atoms with Crippen molar-refractivity contribution in [3.63, 3.8) is 0 Å². The van der Waals surface area contributed by atoms with Crippen molar-refractivity contribution in [3.8, 4) is 17.4 Å². The van der Waals surface area contributed by atoms with Crippen molar-refractivity contribution in [2.75, 3.05) is 11.0 Å². The van der Waals surface area contributed by atoms with Crippen LogP contribution in [0.1, 0.15) is 0 Å². The van der Waals surface area contributed by atoms with E-state index in [2.05, 4.69) is 4.72 Å². The predicted octanol–water partition coefficient (Wildman–Crippen LogP) is 2.66. The molecular weight excluding hydrogens is 334 g/mol. The second-order valence-electron chi connectivity index (χ2n) is 5.08. The monoisotopic (exact) mass is 347 g/mol. The lowest BCUT2D eigenvalue weighted by atomic mass is 10.2. The van der Waals surface area contributed by atoms with E-state index in [1.165, 1.54) is 12.1 Å². The Morgan fingerprint density at radius 2 is 1.83 bits per heavy atom. The molecule has 0 aliphatic heterocycles. The lowest BCUT2D eigenvalue weighted by molar-refractivity contribution is 0.339. The van der Waals surface area contributed by atoms with Gasteiger partial charge in [-0.2, -0.15) is 0 Å². The highest BCUT2D eigenvalue weighted by Gasteiger charge is 2.15. The number of benzene rings is 2. The second kappa shape index (κ2) is 5.89. The fourth-order valence-corrected chi connectivity index (χ4v) is 2.71. The lowest BCUT2D eigenvalue weighted by Crippen LogP contribution is -2.11. The van der Waals surface area contributed by atoms with Gasteiger partial charge < -0.3 is 14.3 Å². The minimum atomic E-state index is -3.59. The van der Waals surface area contributed by atoms with Crippen LogP contribution in [-0.4, -0.2) is 19.8 Å². The summed E-state index contributed by atoms with van der Waals surface area (Å²) >= 11 is 0. The summed E-state index contributed by atoms with van der Waals surface area (Å²) in [7, 11) is -3.59. The average molecular weight is 347 g/mol. The maximum atomic E-state index is 12.0. The van der Waals surface area contributed by atoms with Crippen LogP contribution in [0.4, 0.5) is 5.69 Å². The number of ether oxygens (including phenoxy) is 1. The zero-order valence-corrected chi connectivity index (χ0v) is 13.3. The van der Waals surface area contributed by atoms with Gasteiger partial charge in [0.2, 0.25) is 10.0 Å². The van der Waals surface area contributed by atoms with Crippen LogP contribution in [0.15, 0.2) is 57.7 Å². The molecule has 0 saturated carbocycles. The zero-order chi connectivity index (χ0) is 17.3. The molecule has 1 aromatic heterocycles. The highest BCUT2D eigenvalue weighted by atomic mass is 32.2. The molecule has 0 amide bonds. The molecule has 3 aromatic rings. The van der Waals surface area contributed by atoms with Crippen LogP contribution in [0.2, 0.25) is 0 Å². The predicted molar refractivity (Wildman–Crippen MR) is 89.1 cm³/mol. The fraction of sp³-hybridized carbons (Fsp3) is 0.0625. The van der Waals surface area contributed by atoms with Crippen LogP contribution in [-0.2, 0) is 10.0 Å². The summed E-state index contributed by atoms with van der Waals surface area (Å²) in [5.74, 6) is 0.0446. The number of nitrogens with one attached hydrogen (secondary N) is 1. The molecule has 0 radical (unpaired) electrons. The number of aromatic hydroxyl groups is 1. The third kappa shape index (κ3) is 3.49. The molecule has 0 saturated heterocycles. The minimum Gasteiger partial charge on any atom is -0.481 e. The summed E-state index contributed by atoms with van der Waals surface area (Å²) in [5.41, 5.74) is -0.355. The van der Waals surface area contributed by atoms with Gasteiger partial charge in [-0.25, -0.2) is 8.42 Å². The zero-order valence-electron chi connectivity index (χ0n) is 12.5. The Labute approximate surface area is 137 Å². The third-order valence-corrected chi connectivity index (χ3v) is 3.67. The van der Waals surface area contributed by atoms with Crippen LogP contribution in [0.25, 0.3) is 11.0 Å². The van der Waals surface area contributed by atoms with Gasteiger partial charge in [0.05, 0.1) is 23.4 Å². The quantitative estimate of drug-likeness (QED) is 0.751. The van der Waals surface area contributed by atoms with Crippen molar-refractivity contribution in [2.45, 2.75) is 0 Å². The number of fused-ring (bicyclic) bond motifs is 1. The third-order valence-electron chi connectivity index (χ3n) is 3.08. The first-order chi connectivity index (χ1) is 11.3. The van der Waals surface area contributed by atoms with Crippen molar-refractivity contribution in [1.29, 1.82) is 0 Å². The van der Waals surface area contributed by atoms with Crippen LogP contribution < -0.4 is 14.9 Å². The van der Waals surface area contributed by atoms with E-state index in [9.17, 15) is 18.3 Å². The van der Waals surface area contributed by atoms with E-state index >= 15 is 0 Å². The molecule has 8 heteroatoms. The van der Waals surface area contributed by atoms with E-state index in [0.717, 1.165) is 12.3 Å². The van der Waals surface area contributed by atoms with Crippen LogP contribution in [0, 0.1) is 0 Å². The topological polar surface area (TPSA) is 106 Å². The molecule has 0 atom stereocenters. The van der Waals surface area contributed by atoms with Gasteiger partial charge >= 0.3 is 0 Å². The fourth-order valence-electron chi connectivity index (χ4n) is 2.15. The molecule has 0 aliphatic rings. The van der Waals surface area contributed by atoms with E-state index in [4.69, 9.17) is 9.15 Å². The van der Waals surface area contributed by atoms with Gasteiger partial charge in [-0.1, -0.05) is 18.2 Å². The minimum absolute atomic E-state index is 0.0339. The SMILES string of the molecule is CS(=O)(=O)Nc1cc2oc(O)cc(=O)c2cc1Oc1ccccc1. The molecule has 0 fully saturated rings. The Balaban J connectivity index is 2.20. The Morgan fingerprint density at radius 3 is 2.50 bits per heavy atom. The Bertz CT molecular complexity index is 1060. The van der Waals surface area contributed by atoms with Gasteiger partial charge in [0.1, 0.15) is 11.3 Å². The summed E-state index contributed by atoms with van der Waals surface area (Å²) < 4.78 is 36.2. The van der Waals surface area contributed by atoms with Crippen molar-refractivity contribution >= 4 is 26.7 Å². The summed E-state index contributed by atoms with van der Waals surface area (Å²) in [4.78, 5) is 12.0. The van der Waals surface area contributed by atoms with E-state index in [1.54, 1.807) is 30.3 Å². The van der Waals surface area contributed by atoms with Gasteiger partial charge in [0.15, 0.2) is 11.2 Å². The number of sulfonamides is 1. The molecule has 0 unspecified atom stereocenters. The molecule has 0 aliphatic carbocycles. The van der Waals surface area contributed by atoms with Gasteiger partial charge in [-0.15, -0.1) is 0 Å². The number of rotatable bonds is 4. The molecule has 1 heterocycles. The average Bonchev–Trinajstić information content (AvgIpc) is 2.48. The van der Waals surface area contributed by atoms with Crippen LogP contribution >= 0.6 is 0 Å². The van der Waals surface area contributed by atoms with E-state index in [1.807, 2.05) is 0 Å². The van der Waals surface area contributed by atoms with Gasteiger partial charge in [0, 0.05) is 6.07 Å². The molecule has 2 N–H and O–H groups in total. The molecule has 7 nitrogen and oxygen atoms in total. The van der Waals surface area contributed by atoms with Gasteiger partial charge in [-0.05, 0) is 18.2 Å². The first-order valence-corrected chi connectivity index (χ1v) is 8.72. The molecule has 3 rings (SSSR count). The molecule has 2 aromatic carbocycles. The molecular formula is C16H13NO6S. The van der Waals surface area contributed by atoms with Gasteiger partial charge in [0.25, 0.3) is 5.95 Å². The van der Waals surface area contributed by atoms with Gasteiger partial charge in [-0.3, -0.25) is 9.52 Å². The van der Waals surface area contributed by atoms with Crippen LogP contribution in [0.5, 0.6) is 17.4 Å². The summed E-state index contributed by atoms with van der Waals surface area (Å²) in [5, 5.41) is 9.55. The highest BCUT2D eigenvalue weighted by molar-refractivity contribution is 7.92. The Morgan fingerprint density at radius 1 is 1.12 bits per heavy atom. The summed E-state index contributed by atoms with van der Waals surface area (Å²) in [6, 6.07) is 12.3. The largest absolute Gasteiger partial charge is 0.481 e. The summed E-state index contributed by atoms with van der Waals surface area (Å²) in [6.45, 7) is 0. The number of hydrogen-bond donors (Lipinski definition) is 2. The first kappa shape index (κ1) is 15.9. The smallest absolute Gasteiger partial charge is 0.286 e. The molecule has 0 bridgehead atoms. The number of anilines is 1. The van der Waals surface area contributed by atoms with Crippen molar-refractivity contribution in [2.24, 2.45) is 0 Å². The lowest BCUT2D eigenvalue weighted by Gasteiger charge is -2.13. The van der Waals surface area contributed by atoms with E-state index in [-0.39, 0.29) is 22.4 Å². The highest BCUT2D eigenvalue weighted by Crippen LogP contribution is 2.34. The Kier molecular flexibility index (Phi) is 3.90. The Hall–Kier alpha value is -3.00. The normalized spacial score (nSPS) is 11.4. The van der Waals surface area contributed by atoms with Crippen LogP contribution in [0.3, 0.4) is 0 Å². The maximum Gasteiger partial charge on any atom is 0.286 e. The molecule has 0 spiro atoms. The standard InChI is InChI=1S/C16H13NO6S/c1-24(20,21)17-12-8-14-11(13(18)9-16(19)23-14)7-15(12)22-10-5-3-2-4-6-10/h2-9,17,19H,1H3. The second-order valence-corrected chi connectivity index (χ2v) is 6.83. The molecule has 24 heavy (non-hydrogen) atoms. The van der Waals surface area contributed by atoms with E-state index < -0.39 is 21.4 Å².